The van der Waals surface area contributed by atoms with Crippen molar-refractivity contribution in [3.05, 3.63) is 57.8 Å². The number of benzene rings is 2. The Hall–Kier alpha value is -1.68. The van der Waals surface area contributed by atoms with Crippen LogP contribution in [0.15, 0.2) is 40.9 Å². The fourth-order valence-corrected chi connectivity index (χ4v) is 2.11. The zero-order chi connectivity index (χ0) is 13.3. The molecular weight excluding hydrogens is 299 g/mol. The number of rotatable bonds is 2. The van der Waals surface area contributed by atoms with Crippen molar-refractivity contribution in [1.82, 2.24) is 0 Å². The van der Waals surface area contributed by atoms with Crippen molar-refractivity contribution in [3.63, 3.8) is 0 Å². The van der Waals surface area contributed by atoms with Crippen LogP contribution in [0.5, 0.6) is 0 Å². The Morgan fingerprint density at radius 3 is 2.67 bits per heavy atom. The molecule has 0 bridgehead atoms. The Morgan fingerprint density at radius 1 is 1.28 bits per heavy atom. The molecule has 0 radical (unpaired) electrons. The lowest BCUT2D eigenvalue weighted by molar-refractivity contribution is 0.0696. The number of aryl methyl sites for hydroxylation is 1. The monoisotopic (exact) mass is 308 g/mol. The van der Waals surface area contributed by atoms with Gasteiger partial charge in [0.25, 0.3) is 0 Å². The second-order valence-corrected chi connectivity index (χ2v) is 4.79. The largest absolute Gasteiger partial charge is 0.478 e. The summed E-state index contributed by atoms with van der Waals surface area (Å²) in [7, 11) is 0. The Balaban J connectivity index is 2.62. The van der Waals surface area contributed by atoms with Crippen LogP contribution >= 0.6 is 15.9 Å². The van der Waals surface area contributed by atoms with Gasteiger partial charge in [0.2, 0.25) is 0 Å². The van der Waals surface area contributed by atoms with Crippen LogP contribution in [-0.2, 0) is 0 Å². The molecule has 0 amide bonds. The molecule has 0 atom stereocenters. The van der Waals surface area contributed by atoms with E-state index in [1.165, 1.54) is 6.07 Å². The highest BCUT2D eigenvalue weighted by molar-refractivity contribution is 9.10. The van der Waals surface area contributed by atoms with Crippen LogP contribution in [0.4, 0.5) is 4.39 Å². The molecule has 0 heterocycles. The van der Waals surface area contributed by atoms with Crippen LogP contribution in [0, 0.1) is 12.7 Å². The summed E-state index contributed by atoms with van der Waals surface area (Å²) in [5.74, 6) is -1.40. The van der Waals surface area contributed by atoms with E-state index in [-0.39, 0.29) is 5.56 Å². The molecule has 0 aliphatic carbocycles. The quantitative estimate of drug-likeness (QED) is 0.900. The molecule has 4 heteroatoms. The van der Waals surface area contributed by atoms with Gasteiger partial charge in [0, 0.05) is 5.56 Å². The normalized spacial score (nSPS) is 10.4. The lowest BCUT2D eigenvalue weighted by Crippen LogP contribution is -2.00. The summed E-state index contributed by atoms with van der Waals surface area (Å²) in [6, 6.07) is 9.82. The van der Waals surface area contributed by atoms with Crippen LogP contribution in [0.25, 0.3) is 11.1 Å². The van der Waals surface area contributed by atoms with Gasteiger partial charge < -0.3 is 5.11 Å². The van der Waals surface area contributed by atoms with Crippen molar-refractivity contribution in [3.8, 4) is 11.1 Å². The van der Waals surface area contributed by atoms with Gasteiger partial charge in [0.05, 0.1) is 10.0 Å². The zero-order valence-electron chi connectivity index (χ0n) is 9.58. The first-order chi connectivity index (χ1) is 8.50. The summed E-state index contributed by atoms with van der Waals surface area (Å²) >= 11 is 3.11. The maximum Gasteiger partial charge on any atom is 0.335 e. The van der Waals surface area contributed by atoms with Crippen molar-refractivity contribution < 1.29 is 14.3 Å². The summed E-state index contributed by atoms with van der Waals surface area (Å²) in [5.41, 5.74) is 1.78. The molecule has 2 aromatic rings. The number of aromatic carboxylic acids is 1. The Kier molecular flexibility index (Phi) is 3.48. The van der Waals surface area contributed by atoms with Crippen LogP contribution in [-0.4, -0.2) is 11.1 Å². The smallest absolute Gasteiger partial charge is 0.335 e. The molecule has 0 aliphatic rings. The van der Waals surface area contributed by atoms with Gasteiger partial charge in [0.1, 0.15) is 5.82 Å². The summed E-state index contributed by atoms with van der Waals surface area (Å²) < 4.78 is 14.3. The summed E-state index contributed by atoms with van der Waals surface area (Å²) in [6.45, 7) is 1.71. The third kappa shape index (κ3) is 2.29. The molecule has 0 fully saturated rings. The SMILES string of the molecule is Cc1ccc(-c2cccc(Br)c2F)cc1C(=O)O. The molecule has 92 valence electrons. The second-order valence-electron chi connectivity index (χ2n) is 3.94. The Morgan fingerprint density at radius 2 is 2.00 bits per heavy atom. The number of halogens is 2. The Labute approximate surface area is 112 Å². The minimum atomic E-state index is -1.01. The number of hydrogen-bond acceptors (Lipinski definition) is 1. The fraction of sp³-hybridized carbons (Fsp3) is 0.0714. The van der Waals surface area contributed by atoms with Gasteiger partial charge in [0.15, 0.2) is 0 Å². The molecule has 1 N–H and O–H groups in total. The highest BCUT2D eigenvalue weighted by Gasteiger charge is 2.12. The number of carbonyl (C=O) groups is 1. The van der Waals surface area contributed by atoms with Crippen LogP contribution in [0.3, 0.4) is 0 Å². The molecule has 0 unspecified atom stereocenters. The van der Waals surface area contributed by atoms with Gasteiger partial charge in [-0.15, -0.1) is 0 Å². The van der Waals surface area contributed by atoms with E-state index in [1.54, 1.807) is 37.3 Å². The van der Waals surface area contributed by atoms with E-state index in [0.29, 0.717) is 21.2 Å². The first-order valence-corrected chi connectivity index (χ1v) is 6.08. The standard InChI is InChI=1S/C14H10BrFO2/c1-8-5-6-9(7-11(8)14(17)18)10-3-2-4-12(15)13(10)16/h2-7H,1H3,(H,17,18). The van der Waals surface area contributed by atoms with E-state index >= 15 is 0 Å². The lowest BCUT2D eigenvalue weighted by Gasteiger charge is -2.07. The highest BCUT2D eigenvalue weighted by Crippen LogP contribution is 2.29. The highest BCUT2D eigenvalue weighted by atomic mass is 79.9. The summed E-state index contributed by atoms with van der Waals surface area (Å²) in [5, 5.41) is 9.06. The van der Waals surface area contributed by atoms with Crippen molar-refractivity contribution in [2.24, 2.45) is 0 Å². The van der Waals surface area contributed by atoms with Gasteiger partial charge in [-0.2, -0.15) is 0 Å². The maximum atomic E-state index is 13.9. The fourth-order valence-electron chi connectivity index (χ4n) is 1.75. The van der Waals surface area contributed by atoms with Gasteiger partial charge in [-0.3, -0.25) is 0 Å². The van der Waals surface area contributed by atoms with E-state index in [4.69, 9.17) is 5.11 Å². The van der Waals surface area contributed by atoms with E-state index in [2.05, 4.69) is 15.9 Å². The van der Waals surface area contributed by atoms with Crippen molar-refractivity contribution >= 4 is 21.9 Å². The molecule has 0 saturated heterocycles. The molecule has 2 nitrogen and oxygen atoms in total. The van der Waals surface area contributed by atoms with Crippen molar-refractivity contribution in [1.29, 1.82) is 0 Å². The third-order valence-electron chi connectivity index (χ3n) is 2.73. The van der Waals surface area contributed by atoms with Gasteiger partial charge in [-0.1, -0.05) is 24.3 Å². The first-order valence-electron chi connectivity index (χ1n) is 5.29. The van der Waals surface area contributed by atoms with Gasteiger partial charge >= 0.3 is 5.97 Å². The maximum absolute atomic E-state index is 13.9. The van der Waals surface area contributed by atoms with Crippen LogP contribution in [0.2, 0.25) is 0 Å². The van der Waals surface area contributed by atoms with Gasteiger partial charge in [-0.05, 0) is 46.1 Å². The number of hydrogen-bond donors (Lipinski definition) is 1. The first kappa shape index (κ1) is 12.8. The topological polar surface area (TPSA) is 37.3 Å². The van der Waals surface area contributed by atoms with E-state index in [0.717, 1.165) is 0 Å². The minimum absolute atomic E-state index is 0.187. The van der Waals surface area contributed by atoms with E-state index < -0.39 is 11.8 Å². The molecule has 0 spiro atoms. The predicted octanol–water partition coefficient (Wildman–Crippen LogP) is 4.26. The summed E-state index contributed by atoms with van der Waals surface area (Å²) in [4.78, 5) is 11.1. The average molecular weight is 309 g/mol. The zero-order valence-corrected chi connectivity index (χ0v) is 11.2. The van der Waals surface area contributed by atoms with E-state index in [9.17, 15) is 9.18 Å². The number of carboxylic acids is 1. The van der Waals surface area contributed by atoms with E-state index in [1.807, 2.05) is 0 Å². The summed E-state index contributed by atoms with van der Waals surface area (Å²) in [6.07, 6.45) is 0. The number of carboxylic acid groups (broad SMARTS) is 1. The third-order valence-corrected chi connectivity index (χ3v) is 3.34. The minimum Gasteiger partial charge on any atom is -0.478 e. The van der Waals surface area contributed by atoms with Crippen molar-refractivity contribution in [2.45, 2.75) is 6.92 Å². The lowest BCUT2D eigenvalue weighted by atomic mass is 9.99. The Bertz CT molecular complexity index is 623. The molecule has 2 aromatic carbocycles. The van der Waals surface area contributed by atoms with Gasteiger partial charge in [-0.25, -0.2) is 9.18 Å². The second kappa shape index (κ2) is 4.90. The molecule has 0 aliphatic heterocycles. The molecule has 18 heavy (non-hydrogen) atoms. The molecular formula is C14H10BrFO2. The van der Waals surface area contributed by atoms with Crippen LogP contribution < -0.4 is 0 Å². The average Bonchev–Trinajstić information content (AvgIpc) is 2.33. The molecule has 0 aromatic heterocycles. The van der Waals surface area contributed by atoms with Crippen LogP contribution in [0.1, 0.15) is 15.9 Å². The molecule has 2 rings (SSSR count). The van der Waals surface area contributed by atoms with Crippen molar-refractivity contribution in [2.75, 3.05) is 0 Å². The molecule has 0 saturated carbocycles. The predicted molar refractivity (Wildman–Crippen MR) is 71.2 cm³/mol.